The molecule has 0 aliphatic carbocycles. The quantitative estimate of drug-likeness (QED) is 0.113. The minimum Gasteiger partial charge on any atom is -0.481 e. The Balaban J connectivity index is 1.61. The molecule has 12 heteroatoms. The van der Waals surface area contributed by atoms with Crippen molar-refractivity contribution in [3.63, 3.8) is 0 Å². The lowest BCUT2D eigenvalue weighted by molar-refractivity contribution is -0.136. The molecule has 0 saturated carbocycles. The Morgan fingerprint density at radius 2 is 1.75 bits per heavy atom. The Labute approximate surface area is 244 Å². The molecular weight excluding hydrogens is 550 g/mol. The van der Waals surface area contributed by atoms with Gasteiger partial charge in [-0.3, -0.25) is 9.59 Å². The predicted molar refractivity (Wildman–Crippen MR) is 162 cm³/mol. The Morgan fingerprint density at radius 1 is 1.02 bits per heavy atom. The van der Waals surface area contributed by atoms with E-state index in [1.807, 2.05) is 43.3 Å². The Hall–Kier alpha value is -3.96. The summed E-state index contributed by atoms with van der Waals surface area (Å²) in [5, 5.41) is 24.9. The van der Waals surface area contributed by atoms with Crippen molar-refractivity contribution in [3.8, 4) is 0 Å². The van der Waals surface area contributed by atoms with Crippen LogP contribution in [0.25, 0.3) is 0 Å². The first-order valence-electron chi connectivity index (χ1n) is 13.0. The van der Waals surface area contributed by atoms with Crippen LogP contribution in [-0.4, -0.2) is 57.7 Å². The van der Waals surface area contributed by atoms with E-state index in [9.17, 15) is 9.59 Å². The molecule has 3 rings (SSSR count). The number of aryl methyl sites for hydroxylation is 1. The van der Waals surface area contributed by atoms with Crippen LogP contribution in [0, 0.1) is 0 Å². The number of carbonyl (C=O) groups is 2. The van der Waals surface area contributed by atoms with Gasteiger partial charge in [-0.15, -0.1) is 0 Å². The van der Waals surface area contributed by atoms with Crippen molar-refractivity contribution in [3.05, 3.63) is 76.9 Å². The van der Waals surface area contributed by atoms with E-state index in [1.165, 1.54) is 11.8 Å². The zero-order chi connectivity index (χ0) is 28.7. The number of hydrogen-bond donors (Lipinski definition) is 6. The van der Waals surface area contributed by atoms with Crippen molar-refractivity contribution in [1.82, 2.24) is 25.9 Å². The number of aromatic nitrogens is 2. The molecule has 1 atom stereocenters. The van der Waals surface area contributed by atoms with Gasteiger partial charge in [-0.1, -0.05) is 54.1 Å². The zero-order valence-electron chi connectivity index (χ0n) is 22.2. The summed E-state index contributed by atoms with van der Waals surface area (Å²) in [5.41, 5.74) is 2.19. The fourth-order valence-electron chi connectivity index (χ4n) is 3.67. The van der Waals surface area contributed by atoms with Crippen molar-refractivity contribution in [1.29, 1.82) is 0 Å². The highest BCUT2D eigenvalue weighted by Gasteiger charge is 2.17. The summed E-state index contributed by atoms with van der Waals surface area (Å²) < 4.78 is 0. The number of benzene rings is 2. The van der Waals surface area contributed by atoms with Crippen molar-refractivity contribution in [2.75, 3.05) is 30.3 Å². The SMILES string of the molecule is CC(CCc1ccccc1)NC(=O)c1cnc(Nc2ccccc2Cl)nc1NCCCNC(=S)NCCC(=O)O. The molecule has 212 valence electrons. The molecule has 1 heterocycles. The lowest BCUT2D eigenvalue weighted by atomic mass is 10.1. The minimum atomic E-state index is -0.891. The number of nitrogens with zero attached hydrogens (tertiary/aromatic N) is 2. The maximum absolute atomic E-state index is 13.2. The number of rotatable bonds is 15. The molecular formula is C28H34ClN7O3S. The standard InChI is InChI=1S/C28H34ClN7O3S/c1-19(12-13-20-8-3-2-4-9-20)34-26(39)21-18-33-27(35-23-11-6-5-10-22(23)29)36-25(21)30-15-7-16-31-28(40)32-17-14-24(37)38/h2-6,8-11,18-19H,7,12-17H2,1H3,(H,34,39)(H,37,38)(H2,31,32,40)(H2,30,33,35,36). The van der Waals surface area contributed by atoms with Crippen molar-refractivity contribution in [2.45, 2.75) is 38.6 Å². The number of halogens is 1. The fourth-order valence-corrected chi connectivity index (χ4v) is 4.06. The van der Waals surface area contributed by atoms with Gasteiger partial charge >= 0.3 is 5.97 Å². The maximum atomic E-state index is 13.2. The van der Waals surface area contributed by atoms with Gasteiger partial charge in [0.15, 0.2) is 5.11 Å². The molecule has 0 spiro atoms. The molecule has 1 amide bonds. The molecule has 1 aromatic heterocycles. The first kappa shape index (κ1) is 30.6. The molecule has 0 aliphatic rings. The van der Waals surface area contributed by atoms with Crippen molar-refractivity contribution in [2.24, 2.45) is 0 Å². The highest BCUT2D eigenvalue weighted by Crippen LogP contribution is 2.24. The Kier molecular flexibility index (Phi) is 12.4. The smallest absolute Gasteiger partial charge is 0.305 e. The molecule has 0 fully saturated rings. The van der Waals surface area contributed by atoms with Gasteiger partial charge < -0.3 is 31.7 Å². The Morgan fingerprint density at radius 3 is 2.50 bits per heavy atom. The van der Waals surface area contributed by atoms with Crippen molar-refractivity contribution >= 4 is 58.3 Å². The zero-order valence-corrected chi connectivity index (χ0v) is 23.8. The van der Waals surface area contributed by atoms with Gasteiger partial charge in [-0.05, 0) is 56.1 Å². The largest absolute Gasteiger partial charge is 0.481 e. The van der Waals surface area contributed by atoms with Crippen LogP contribution >= 0.6 is 23.8 Å². The lowest BCUT2D eigenvalue weighted by Gasteiger charge is -2.17. The number of hydrogen-bond acceptors (Lipinski definition) is 7. The topological polar surface area (TPSA) is 140 Å². The number of aliphatic carboxylic acids is 1. The number of carboxylic acid groups (broad SMARTS) is 1. The first-order valence-corrected chi connectivity index (χ1v) is 13.8. The third-order valence-electron chi connectivity index (χ3n) is 5.80. The summed E-state index contributed by atoms with van der Waals surface area (Å²) in [6.07, 6.45) is 3.78. The molecule has 10 nitrogen and oxygen atoms in total. The van der Waals surface area contributed by atoms with Crippen LogP contribution in [-0.2, 0) is 11.2 Å². The third-order valence-corrected chi connectivity index (χ3v) is 6.41. The predicted octanol–water partition coefficient (Wildman–Crippen LogP) is 4.37. The number of para-hydroxylation sites is 1. The molecule has 6 N–H and O–H groups in total. The number of carbonyl (C=O) groups excluding carboxylic acids is 1. The molecule has 0 radical (unpaired) electrons. The van der Waals surface area contributed by atoms with Gasteiger partial charge in [-0.25, -0.2) is 4.98 Å². The van der Waals surface area contributed by atoms with Crippen molar-refractivity contribution < 1.29 is 14.7 Å². The van der Waals surface area contributed by atoms with E-state index in [1.54, 1.807) is 6.07 Å². The number of nitrogens with one attached hydrogen (secondary N) is 5. The summed E-state index contributed by atoms with van der Waals surface area (Å²) in [5.74, 6) is -0.474. The second kappa shape index (κ2) is 16.2. The van der Waals surface area contributed by atoms with Gasteiger partial charge in [0.1, 0.15) is 11.4 Å². The molecule has 1 unspecified atom stereocenters. The van der Waals surface area contributed by atoms with Crippen LogP contribution in [0.3, 0.4) is 0 Å². The van der Waals surface area contributed by atoms with Crippen LogP contribution in [0.15, 0.2) is 60.8 Å². The van der Waals surface area contributed by atoms with Gasteiger partial charge in [0.2, 0.25) is 5.95 Å². The van der Waals surface area contributed by atoms with Crippen LogP contribution < -0.4 is 26.6 Å². The second-order valence-electron chi connectivity index (χ2n) is 9.07. The highest BCUT2D eigenvalue weighted by molar-refractivity contribution is 7.80. The van der Waals surface area contributed by atoms with Crippen LogP contribution in [0.4, 0.5) is 17.5 Å². The van der Waals surface area contributed by atoms with E-state index >= 15 is 0 Å². The Bertz CT molecular complexity index is 1280. The average Bonchev–Trinajstić information content (AvgIpc) is 2.93. The number of anilines is 3. The lowest BCUT2D eigenvalue weighted by Crippen LogP contribution is -2.37. The molecule has 0 aliphatic heterocycles. The third kappa shape index (κ3) is 10.7. The minimum absolute atomic E-state index is 0.0165. The van der Waals surface area contributed by atoms with E-state index in [-0.39, 0.29) is 24.9 Å². The molecule has 3 aromatic rings. The molecule has 0 bridgehead atoms. The molecule has 2 aromatic carbocycles. The monoisotopic (exact) mass is 583 g/mol. The number of thiocarbonyl (C=S) groups is 1. The van der Waals surface area contributed by atoms with Crippen LogP contribution in [0.2, 0.25) is 5.02 Å². The van der Waals surface area contributed by atoms with E-state index in [4.69, 9.17) is 28.9 Å². The average molecular weight is 584 g/mol. The summed E-state index contributed by atoms with van der Waals surface area (Å²) in [7, 11) is 0. The van der Waals surface area contributed by atoms with Gasteiger partial charge in [0.25, 0.3) is 5.91 Å². The van der Waals surface area contributed by atoms with Gasteiger partial charge in [-0.2, -0.15) is 4.98 Å². The number of carboxylic acids is 1. The first-order chi connectivity index (χ1) is 19.3. The van der Waals surface area contributed by atoms with Crippen LogP contribution in [0.1, 0.15) is 42.1 Å². The fraction of sp³-hybridized carbons (Fsp3) is 0.321. The highest BCUT2D eigenvalue weighted by atomic mass is 35.5. The van der Waals surface area contributed by atoms with Gasteiger partial charge in [0.05, 0.1) is 17.1 Å². The molecule has 0 saturated heterocycles. The summed E-state index contributed by atoms with van der Waals surface area (Å²) in [6.45, 7) is 3.27. The van der Waals surface area contributed by atoms with E-state index in [0.717, 1.165) is 12.8 Å². The summed E-state index contributed by atoms with van der Waals surface area (Å²) in [4.78, 5) is 32.7. The second-order valence-corrected chi connectivity index (χ2v) is 9.88. The normalized spacial score (nSPS) is 11.2. The maximum Gasteiger partial charge on any atom is 0.305 e. The van der Waals surface area contributed by atoms with E-state index < -0.39 is 5.97 Å². The van der Waals surface area contributed by atoms with E-state index in [2.05, 4.69) is 48.7 Å². The number of amides is 1. The molecule has 40 heavy (non-hydrogen) atoms. The van der Waals surface area contributed by atoms with E-state index in [0.29, 0.717) is 52.7 Å². The van der Waals surface area contributed by atoms with Crippen LogP contribution in [0.5, 0.6) is 0 Å². The van der Waals surface area contributed by atoms with Gasteiger partial charge in [0, 0.05) is 31.9 Å². The summed E-state index contributed by atoms with van der Waals surface area (Å²) >= 11 is 11.4. The summed E-state index contributed by atoms with van der Waals surface area (Å²) in [6, 6.07) is 17.3.